The van der Waals surface area contributed by atoms with E-state index < -0.39 is 0 Å². The molecule has 1 aliphatic carbocycles. The van der Waals surface area contributed by atoms with E-state index in [9.17, 15) is 4.79 Å². The number of hydrogen-bond acceptors (Lipinski definition) is 2. The van der Waals surface area contributed by atoms with Gasteiger partial charge in [0.05, 0.1) is 0 Å². The van der Waals surface area contributed by atoms with Crippen LogP contribution in [0, 0.1) is 5.92 Å². The van der Waals surface area contributed by atoms with Crippen molar-refractivity contribution in [2.45, 2.75) is 48.7 Å². The third-order valence-electron chi connectivity index (χ3n) is 3.70. The topological polar surface area (TPSA) is 17.1 Å². The van der Waals surface area contributed by atoms with Crippen LogP contribution < -0.4 is 0 Å². The third kappa shape index (κ3) is 4.54. The first-order chi connectivity index (χ1) is 9.31. The predicted octanol–water partition coefficient (Wildman–Crippen LogP) is 4.93. The molecular formula is C16H21ClOS. The Morgan fingerprint density at radius 3 is 2.74 bits per heavy atom. The highest BCUT2D eigenvalue weighted by Crippen LogP contribution is 2.36. The molecule has 1 saturated carbocycles. The van der Waals surface area contributed by atoms with Gasteiger partial charge in [-0.25, -0.2) is 0 Å². The lowest BCUT2D eigenvalue weighted by Gasteiger charge is -2.28. The lowest BCUT2D eigenvalue weighted by molar-refractivity contribution is -0.124. The first kappa shape index (κ1) is 14.9. The molecule has 1 aromatic carbocycles. The van der Waals surface area contributed by atoms with Crippen LogP contribution >= 0.6 is 23.4 Å². The zero-order valence-electron chi connectivity index (χ0n) is 11.2. The molecule has 104 valence electrons. The highest BCUT2D eigenvalue weighted by atomic mass is 35.5. The largest absolute Gasteiger partial charge is 0.299 e. The van der Waals surface area contributed by atoms with Crippen LogP contribution in [0.5, 0.6) is 0 Å². The van der Waals surface area contributed by atoms with E-state index in [0.29, 0.717) is 16.9 Å². The molecule has 19 heavy (non-hydrogen) atoms. The van der Waals surface area contributed by atoms with Crippen molar-refractivity contribution >= 4 is 29.1 Å². The molecular weight excluding hydrogens is 276 g/mol. The number of thioether (sulfide) groups is 1. The van der Waals surface area contributed by atoms with Crippen molar-refractivity contribution in [1.82, 2.24) is 0 Å². The predicted molar refractivity (Wildman–Crippen MR) is 83.0 cm³/mol. The van der Waals surface area contributed by atoms with Gasteiger partial charge in [-0.15, -0.1) is 23.4 Å². The van der Waals surface area contributed by atoms with Crippen LogP contribution in [-0.2, 0) is 4.79 Å². The zero-order valence-corrected chi connectivity index (χ0v) is 12.8. The monoisotopic (exact) mass is 296 g/mol. The standard InChI is InChI=1S/C16H21ClOS/c17-12-6-11-16(14-9-4-5-10-15(14)18)19-13-7-2-1-3-8-13/h1-3,7-8,14,16H,4-6,9-12H2. The highest BCUT2D eigenvalue weighted by Gasteiger charge is 2.30. The third-order valence-corrected chi connectivity index (χ3v) is 5.38. The van der Waals surface area contributed by atoms with Gasteiger partial charge in [-0.05, 0) is 37.8 Å². The van der Waals surface area contributed by atoms with Crippen molar-refractivity contribution in [3.63, 3.8) is 0 Å². The van der Waals surface area contributed by atoms with Gasteiger partial charge in [0, 0.05) is 28.4 Å². The summed E-state index contributed by atoms with van der Waals surface area (Å²) < 4.78 is 0. The summed E-state index contributed by atoms with van der Waals surface area (Å²) in [6.07, 6.45) is 6.15. The van der Waals surface area contributed by atoms with Crippen molar-refractivity contribution in [1.29, 1.82) is 0 Å². The van der Waals surface area contributed by atoms with E-state index in [0.717, 1.165) is 32.1 Å². The Bertz CT molecular complexity index is 393. The normalized spacial score (nSPS) is 21.3. The number of rotatable bonds is 6. The maximum atomic E-state index is 12.1. The fourth-order valence-corrected chi connectivity index (χ4v) is 4.25. The molecule has 2 atom stereocenters. The molecule has 2 rings (SSSR count). The molecule has 0 N–H and O–H groups in total. The Kier molecular flexibility index (Phi) is 6.25. The number of Topliss-reactive ketones (excluding diaryl/α,β-unsaturated/α-hetero) is 1. The highest BCUT2D eigenvalue weighted by molar-refractivity contribution is 8.00. The molecule has 0 heterocycles. The number of halogens is 1. The van der Waals surface area contributed by atoms with Gasteiger partial charge in [0.1, 0.15) is 5.78 Å². The van der Waals surface area contributed by atoms with E-state index >= 15 is 0 Å². The Morgan fingerprint density at radius 2 is 2.05 bits per heavy atom. The van der Waals surface area contributed by atoms with Gasteiger partial charge in [-0.2, -0.15) is 0 Å². The molecule has 0 saturated heterocycles. The van der Waals surface area contributed by atoms with Crippen molar-refractivity contribution in [3.8, 4) is 0 Å². The van der Waals surface area contributed by atoms with Crippen LogP contribution in [-0.4, -0.2) is 16.9 Å². The van der Waals surface area contributed by atoms with Crippen molar-refractivity contribution < 1.29 is 4.79 Å². The number of alkyl halides is 1. The second-order valence-corrected chi connectivity index (χ2v) is 6.81. The van der Waals surface area contributed by atoms with Gasteiger partial charge in [0.2, 0.25) is 0 Å². The zero-order chi connectivity index (χ0) is 13.5. The number of hydrogen-bond donors (Lipinski definition) is 0. The summed E-state index contributed by atoms with van der Waals surface area (Å²) in [5.41, 5.74) is 0. The molecule has 0 radical (unpaired) electrons. The minimum atomic E-state index is 0.238. The maximum Gasteiger partial charge on any atom is 0.137 e. The van der Waals surface area contributed by atoms with Gasteiger partial charge in [-0.1, -0.05) is 24.6 Å². The summed E-state index contributed by atoms with van der Waals surface area (Å²) in [7, 11) is 0. The number of ketones is 1. The molecule has 1 fully saturated rings. The quantitative estimate of drug-likeness (QED) is 0.547. The van der Waals surface area contributed by atoms with E-state index in [2.05, 4.69) is 24.3 Å². The van der Waals surface area contributed by atoms with Crippen LogP contribution in [0.15, 0.2) is 35.2 Å². The number of benzene rings is 1. The average Bonchev–Trinajstić information content (AvgIpc) is 2.45. The smallest absolute Gasteiger partial charge is 0.137 e. The average molecular weight is 297 g/mol. The van der Waals surface area contributed by atoms with Crippen LogP contribution in [0.25, 0.3) is 0 Å². The fraction of sp³-hybridized carbons (Fsp3) is 0.562. The van der Waals surface area contributed by atoms with Crippen LogP contribution in [0.4, 0.5) is 0 Å². The molecule has 0 spiro atoms. The van der Waals surface area contributed by atoms with E-state index in [1.54, 1.807) is 0 Å². The molecule has 1 aromatic rings. The molecule has 2 unspecified atom stereocenters. The van der Waals surface area contributed by atoms with Crippen molar-refractivity contribution in [3.05, 3.63) is 30.3 Å². The van der Waals surface area contributed by atoms with Gasteiger partial charge >= 0.3 is 0 Å². The molecule has 0 bridgehead atoms. The minimum Gasteiger partial charge on any atom is -0.299 e. The SMILES string of the molecule is O=C1CCCCC1C(CCCCl)Sc1ccccc1. The van der Waals surface area contributed by atoms with Gasteiger partial charge in [-0.3, -0.25) is 4.79 Å². The second kappa shape index (κ2) is 7.96. The first-order valence-electron chi connectivity index (χ1n) is 7.11. The summed E-state index contributed by atoms with van der Waals surface area (Å²) >= 11 is 7.69. The van der Waals surface area contributed by atoms with E-state index in [-0.39, 0.29) is 5.92 Å². The lowest BCUT2D eigenvalue weighted by Crippen LogP contribution is -2.29. The Morgan fingerprint density at radius 1 is 1.26 bits per heavy atom. The van der Waals surface area contributed by atoms with Crippen molar-refractivity contribution in [2.75, 3.05) is 5.88 Å². The maximum absolute atomic E-state index is 12.1. The Labute approximate surface area is 125 Å². The Hall–Kier alpha value is -0.470. The second-order valence-electron chi connectivity index (χ2n) is 5.12. The molecule has 1 aliphatic rings. The summed E-state index contributed by atoms with van der Waals surface area (Å²) in [4.78, 5) is 13.4. The Balaban J connectivity index is 2.04. The summed E-state index contributed by atoms with van der Waals surface area (Å²) in [5.74, 6) is 1.39. The van der Waals surface area contributed by atoms with E-state index in [1.165, 1.54) is 11.3 Å². The van der Waals surface area contributed by atoms with Crippen LogP contribution in [0.2, 0.25) is 0 Å². The number of carbonyl (C=O) groups excluding carboxylic acids is 1. The van der Waals surface area contributed by atoms with E-state index in [1.807, 2.05) is 17.8 Å². The van der Waals surface area contributed by atoms with E-state index in [4.69, 9.17) is 11.6 Å². The molecule has 3 heteroatoms. The summed E-state index contributed by atoms with van der Waals surface area (Å²) in [5, 5.41) is 0.397. The molecule has 0 aromatic heterocycles. The van der Waals surface area contributed by atoms with Crippen molar-refractivity contribution in [2.24, 2.45) is 5.92 Å². The lowest BCUT2D eigenvalue weighted by atomic mass is 9.84. The molecule has 1 nitrogen and oxygen atoms in total. The fourth-order valence-electron chi connectivity index (χ4n) is 2.70. The van der Waals surface area contributed by atoms with Gasteiger partial charge in [0.25, 0.3) is 0 Å². The number of carbonyl (C=O) groups is 1. The minimum absolute atomic E-state index is 0.238. The van der Waals surface area contributed by atoms with Crippen LogP contribution in [0.3, 0.4) is 0 Å². The first-order valence-corrected chi connectivity index (χ1v) is 8.53. The van der Waals surface area contributed by atoms with Gasteiger partial charge in [0.15, 0.2) is 0 Å². The molecule has 0 aliphatic heterocycles. The molecule has 0 amide bonds. The summed E-state index contributed by atoms with van der Waals surface area (Å²) in [6.45, 7) is 0. The van der Waals surface area contributed by atoms with Crippen LogP contribution in [0.1, 0.15) is 38.5 Å². The van der Waals surface area contributed by atoms with Gasteiger partial charge < -0.3 is 0 Å². The summed E-state index contributed by atoms with van der Waals surface area (Å²) in [6, 6.07) is 10.4.